The Morgan fingerprint density at radius 2 is 2.00 bits per heavy atom. The number of guanidine groups is 1. The van der Waals surface area contributed by atoms with Crippen LogP contribution >= 0.6 is 0 Å². The van der Waals surface area contributed by atoms with Crippen LogP contribution in [0.1, 0.15) is 51.0 Å². The number of aliphatic hydroxyl groups is 1. The Morgan fingerprint density at radius 3 is 2.70 bits per heavy atom. The first kappa shape index (κ1) is 16.5. The van der Waals surface area contributed by atoms with Crippen molar-refractivity contribution in [2.24, 2.45) is 10.7 Å². The third kappa shape index (κ3) is 6.57. The van der Waals surface area contributed by atoms with Crippen molar-refractivity contribution in [3.63, 3.8) is 0 Å². The second-order valence-corrected chi connectivity index (χ2v) is 5.31. The molecule has 0 aliphatic rings. The maximum absolute atomic E-state index is 8.68. The quantitative estimate of drug-likeness (QED) is 0.388. The van der Waals surface area contributed by atoms with Crippen molar-refractivity contribution in [1.82, 2.24) is 0 Å². The Balaban J connectivity index is 2.37. The average Bonchev–Trinajstić information content (AvgIpc) is 2.43. The van der Waals surface area contributed by atoms with Gasteiger partial charge in [-0.15, -0.1) is 0 Å². The van der Waals surface area contributed by atoms with E-state index in [9.17, 15) is 0 Å². The van der Waals surface area contributed by atoms with Gasteiger partial charge in [0.15, 0.2) is 5.96 Å². The molecule has 112 valence electrons. The van der Waals surface area contributed by atoms with E-state index in [0.717, 1.165) is 37.9 Å². The number of aliphatic hydroxyl groups excluding tert-OH is 1. The monoisotopic (exact) mass is 277 g/mol. The second kappa shape index (κ2) is 9.37. The zero-order valence-electron chi connectivity index (χ0n) is 12.6. The Labute approximate surface area is 122 Å². The lowest BCUT2D eigenvalue weighted by Crippen LogP contribution is -2.22. The molecule has 0 saturated carbocycles. The summed E-state index contributed by atoms with van der Waals surface area (Å²) in [7, 11) is 0. The smallest absolute Gasteiger partial charge is 0.193 e. The van der Waals surface area contributed by atoms with Crippen molar-refractivity contribution >= 4 is 11.6 Å². The fourth-order valence-corrected chi connectivity index (χ4v) is 1.94. The van der Waals surface area contributed by atoms with Gasteiger partial charge >= 0.3 is 0 Å². The Bertz CT molecular complexity index is 416. The molecule has 0 unspecified atom stereocenters. The van der Waals surface area contributed by atoms with Crippen LogP contribution in [0.5, 0.6) is 0 Å². The first-order valence-corrected chi connectivity index (χ1v) is 7.41. The molecule has 0 atom stereocenters. The molecule has 4 nitrogen and oxygen atoms in total. The molecule has 0 heterocycles. The Kier molecular flexibility index (Phi) is 7.73. The molecular weight excluding hydrogens is 250 g/mol. The summed E-state index contributed by atoms with van der Waals surface area (Å²) >= 11 is 0. The van der Waals surface area contributed by atoms with Gasteiger partial charge in [0, 0.05) is 18.8 Å². The molecule has 0 radical (unpaired) electrons. The van der Waals surface area contributed by atoms with Crippen molar-refractivity contribution in [3.8, 4) is 0 Å². The van der Waals surface area contributed by atoms with Gasteiger partial charge in [-0.25, -0.2) is 0 Å². The van der Waals surface area contributed by atoms with E-state index in [1.54, 1.807) is 0 Å². The highest BCUT2D eigenvalue weighted by atomic mass is 16.2. The molecule has 1 rings (SSSR count). The molecule has 0 fully saturated rings. The van der Waals surface area contributed by atoms with Crippen LogP contribution in [0, 0.1) is 0 Å². The van der Waals surface area contributed by atoms with Crippen LogP contribution in [0.15, 0.2) is 29.3 Å². The number of nitrogens with one attached hydrogen (secondary N) is 1. The summed E-state index contributed by atoms with van der Waals surface area (Å²) < 4.78 is 0. The molecule has 0 aliphatic heterocycles. The lowest BCUT2D eigenvalue weighted by molar-refractivity contribution is 0.282. The number of aliphatic imine (C=N–C) groups is 1. The average molecular weight is 277 g/mol. The molecule has 0 bridgehead atoms. The summed E-state index contributed by atoms with van der Waals surface area (Å²) in [4.78, 5) is 4.31. The third-order valence-corrected chi connectivity index (χ3v) is 3.17. The summed E-state index contributed by atoms with van der Waals surface area (Å²) in [5.74, 6) is 0.967. The number of hydrogen-bond acceptors (Lipinski definition) is 2. The van der Waals surface area contributed by atoms with Gasteiger partial charge < -0.3 is 16.2 Å². The number of nitrogens with zero attached hydrogens (tertiary/aromatic N) is 1. The van der Waals surface area contributed by atoms with Crippen LogP contribution < -0.4 is 11.1 Å². The van der Waals surface area contributed by atoms with Gasteiger partial charge in [-0.05, 0) is 36.5 Å². The molecular formula is C16H27N3O. The topological polar surface area (TPSA) is 70.6 Å². The van der Waals surface area contributed by atoms with Gasteiger partial charge in [-0.3, -0.25) is 4.99 Å². The minimum Gasteiger partial charge on any atom is -0.396 e. The van der Waals surface area contributed by atoms with E-state index in [1.165, 1.54) is 5.56 Å². The third-order valence-electron chi connectivity index (χ3n) is 3.17. The first-order chi connectivity index (χ1) is 9.63. The number of anilines is 1. The van der Waals surface area contributed by atoms with E-state index in [-0.39, 0.29) is 6.61 Å². The van der Waals surface area contributed by atoms with Crippen molar-refractivity contribution in [3.05, 3.63) is 29.8 Å². The molecule has 0 aromatic heterocycles. The van der Waals surface area contributed by atoms with Crippen molar-refractivity contribution < 1.29 is 5.11 Å². The minimum absolute atomic E-state index is 0.277. The molecule has 1 aromatic rings. The number of unbranched alkanes of at least 4 members (excludes halogenated alkanes) is 3. The van der Waals surface area contributed by atoms with E-state index in [4.69, 9.17) is 10.8 Å². The number of rotatable bonds is 8. The highest BCUT2D eigenvalue weighted by Gasteiger charge is 2.01. The fraction of sp³-hybridized carbons (Fsp3) is 0.562. The Hall–Kier alpha value is -1.55. The van der Waals surface area contributed by atoms with E-state index < -0.39 is 0 Å². The van der Waals surface area contributed by atoms with Gasteiger partial charge in [0.05, 0.1) is 0 Å². The minimum atomic E-state index is 0.277. The van der Waals surface area contributed by atoms with E-state index in [2.05, 4.69) is 36.3 Å². The molecule has 20 heavy (non-hydrogen) atoms. The van der Waals surface area contributed by atoms with Gasteiger partial charge in [0.25, 0.3) is 0 Å². The Morgan fingerprint density at radius 1 is 1.25 bits per heavy atom. The maximum Gasteiger partial charge on any atom is 0.193 e. The number of benzene rings is 1. The SMILES string of the molecule is CC(C)c1cccc(NC(N)=NCCCCCCO)c1. The molecule has 0 saturated heterocycles. The number of hydrogen-bond donors (Lipinski definition) is 3. The maximum atomic E-state index is 8.68. The standard InChI is InChI=1S/C16H27N3O/c1-13(2)14-8-7-9-15(12-14)19-16(17)18-10-5-3-4-6-11-20/h7-9,12-13,20H,3-6,10-11H2,1-2H3,(H3,17,18,19). The van der Waals surface area contributed by atoms with Gasteiger partial charge in [0.1, 0.15) is 0 Å². The van der Waals surface area contributed by atoms with E-state index >= 15 is 0 Å². The summed E-state index contributed by atoms with van der Waals surface area (Å²) in [5, 5.41) is 11.8. The van der Waals surface area contributed by atoms with Gasteiger partial charge in [0.2, 0.25) is 0 Å². The summed E-state index contributed by atoms with van der Waals surface area (Å²) in [6.07, 6.45) is 4.02. The molecule has 0 spiro atoms. The molecule has 4 heteroatoms. The van der Waals surface area contributed by atoms with Gasteiger partial charge in [-0.2, -0.15) is 0 Å². The summed E-state index contributed by atoms with van der Waals surface area (Å²) in [6.45, 7) is 5.35. The van der Waals surface area contributed by atoms with E-state index in [1.807, 2.05) is 12.1 Å². The second-order valence-electron chi connectivity index (χ2n) is 5.31. The summed E-state index contributed by atoms with van der Waals surface area (Å²) in [6, 6.07) is 8.24. The van der Waals surface area contributed by atoms with Gasteiger partial charge in [-0.1, -0.05) is 38.8 Å². The predicted molar refractivity (Wildman–Crippen MR) is 86.2 cm³/mol. The normalized spacial score (nSPS) is 11.9. The molecule has 0 amide bonds. The summed E-state index contributed by atoms with van der Waals surface area (Å²) in [5.41, 5.74) is 8.14. The zero-order valence-corrected chi connectivity index (χ0v) is 12.6. The first-order valence-electron chi connectivity index (χ1n) is 7.41. The number of nitrogens with two attached hydrogens (primary N) is 1. The highest BCUT2D eigenvalue weighted by molar-refractivity contribution is 5.92. The van der Waals surface area contributed by atoms with Crippen LogP contribution in [0.4, 0.5) is 5.69 Å². The lowest BCUT2D eigenvalue weighted by Gasteiger charge is -2.10. The van der Waals surface area contributed by atoms with Crippen molar-refractivity contribution in [2.75, 3.05) is 18.5 Å². The van der Waals surface area contributed by atoms with Crippen molar-refractivity contribution in [2.45, 2.75) is 45.4 Å². The zero-order chi connectivity index (χ0) is 14.8. The van der Waals surface area contributed by atoms with Crippen LogP contribution in [0.25, 0.3) is 0 Å². The molecule has 0 aliphatic carbocycles. The van der Waals surface area contributed by atoms with Crippen LogP contribution in [0.2, 0.25) is 0 Å². The highest BCUT2D eigenvalue weighted by Crippen LogP contribution is 2.18. The fourth-order valence-electron chi connectivity index (χ4n) is 1.94. The lowest BCUT2D eigenvalue weighted by atomic mass is 10.0. The van der Waals surface area contributed by atoms with Crippen molar-refractivity contribution in [1.29, 1.82) is 0 Å². The molecule has 1 aromatic carbocycles. The predicted octanol–water partition coefficient (Wildman–Crippen LogP) is 3.09. The van der Waals surface area contributed by atoms with E-state index in [0.29, 0.717) is 11.9 Å². The largest absolute Gasteiger partial charge is 0.396 e. The van der Waals surface area contributed by atoms with Crippen LogP contribution in [0.3, 0.4) is 0 Å². The van der Waals surface area contributed by atoms with Crippen LogP contribution in [-0.2, 0) is 0 Å². The molecule has 4 N–H and O–H groups in total. The van der Waals surface area contributed by atoms with Crippen LogP contribution in [-0.4, -0.2) is 24.2 Å².